The van der Waals surface area contributed by atoms with Crippen LogP contribution in [0.4, 0.5) is 10.3 Å². The van der Waals surface area contributed by atoms with E-state index in [2.05, 4.69) is 24.9 Å². The molecule has 0 fully saturated rings. The molecule has 9 heteroatoms. The minimum Gasteiger partial charge on any atom is -0.374 e. The van der Waals surface area contributed by atoms with Crippen LogP contribution in [0.1, 0.15) is 15.6 Å². The molecule has 0 aromatic carbocycles. The molecule has 0 aliphatic heterocycles. The zero-order valence-electron chi connectivity index (χ0n) is 7.59. The number of aryl methyl sites for hydroxylation is 1. The second kappa shape index (κ2) is 3.87. The summed E-state index contributed by atoms with van der Waals surface area (Å²) in [5, 5.41) is 10.6. The van der Waals surface area contributed by atoms with Crippen molar-refractivity contribution in [1.82, 2.24) is 19.6 Å². The van der Waals surface area contributed by atoms with E-state index in [9.17, 15) is 4.79 Å². The highest BCUT2D eigenvalue weighted by Gasteiger charge is 2.13. The van der Waals surface area contributed by atoms with Gasteiger partial charge in [-0.05, 0) is 6.92 Å². The Hall–Kier alpha value is -1.61. The van der Waals surface area contributed by atoms with E-state index in [0.29, 0.717) is 11.0 Å². The van der Waals surface area contributed by atoms with E-state index in [1.807, 2.05) is 0 Å². The SMILES string of the molecule is Cc1nsc(NC(=O)c2nnc(N)s2)n1. The fraction of sp³-hybridized carbons (Fsp3) is 0.167. The second-order valence-electron chi connectivity index (χ2n) is 2.55. The van der Waals surface area contributed by atoms with Crippen LogP contribution >= 0.6 is 22.9 Å². The van der Waals surface area contributed by atoms with Gasteiger partial charge in [-0.1, -0.05) is 11.3 Å². The first-order chi connectivity index (χ1) is 7.15. The minimum atomic E-state index is -0.375. The van der Waals surface area contributed by atoms with Gasteiger partial charge in [-0.15, -0.1) is 10.2 Å². The van der Waals surface area contributed by atoms with E-state index in [0.717, 1.165) is 22.9 Å². The zero-order chi connectivity index (χ0) is 10.8. The number of nitrogens with zero attached hydrogens (tertiary/aromatic N) is 4. The quantitative estimate of drug-likeness (QED) is 0.795. The maximum atomic E-state index is 11.5. The summed E-state index contributed by atoms with van der Waals surface area (Å²) in [5.41, 5.74) is 5.35. The highest BCUT2D eigenvalue weighted by Crippen LogP contribution is 2.15. The lowest BCUT2D eigenvalue weighted by atomic mass is 10.6. The van der Waals surface area contributed by atoms with E-state index in [1.54, 1.807) is 6.92 Å². The van der Waals surface area contributed by atoms with Crippen molar-refractivity contribution >= 4 is 39.0 Å². The lowest BCUT2D eigenvalue weighted by Crippen LogP contribution is -2.11. The minimum absolute atomic E-state index is 0.209. The number of rotatable bonds is 2. The molecule has 78 valence electrons. The highest BCUT2D eigenvalue weighted by atomic mass is 32.1. The van der Waals surface area contributed by atoms with Crippen molar-refractivity contribution in [3.05, 3.63) is 10.8 Å². The number of nitrogen functional groups attached to an aromatic ring is 1. The summed E-state index contributed by atoms with van der Waals surface area (Å²) in [7, 11) is 0. The first-order valence-electron chi connectivity index (χ1n) is 3.86. The third-order valence-electron chi connectivity index (χ3n) is 1.38. The number of anilines is 2. The van der Waals surface area contributed by atoms with E-state index in [-0.39, 0.29) is 16.0 Å². The van der Waals surface area contributed by atoms with Crippen molar-refractivity contribution in [2.45, 2.75) is 6.92 Å². The molecule has 0 aliphatic rings. The van der Waals surface area contributed by atoms with Crippen LogP contribution < -0.4 is 11.1 Å². The van der Waals surface area contributed by atoms with Gasteiger partial charge in [-0.3, -0.25) is 10.1 Å². The number of hydrogen-bond donors (Lipinski definition) is 2. The first-order valence-corrected chi connectivity index (χ1v) is 5.45. The fourth-order valence-corrected chi connectivity index (χ4v) is 1.90. The molecular formula is C6H6N6OS2. The molecule has 1 amide bonds. The molecule has 0 atom stereocenters. The summed E-state index contributed by atoms with van der Waals surface area (Å²) in [6, 6.07) is 0. The summed E-state index contributed by atoms with van der Waals surface area (Å²) in [6.07, 6.45) is 0. The van der Waals surface area contributed by atoms with Crippen LogP contribution in [0.2, 0.25) is 0 Å². The van der Waals surface area contributed by atoms with Crippen LogP contribution in [0.25, 0.3) is 0 Å². The van der Waals surface area contributed by atoms with Crippen molar-refractivity contribution in [2.75, 3.05) is 11.1 Å². The Balaban J connectivity index is 2.10. The Morgan fingerprint density at radius 2 is 2.27 bits per heavy atom. The number of carbonyl (C=O) groups is 1. The topological polar surface area (TPSA) is 107 Å². The Morgan fingerprint density at radius 3 is 2.80 bits per heavy atom. The summed E-state index contributed by atoms with van der Waals surface area (Å²) in [5.74, 6) is 0.243. The standard InChI is InChI=1S/C6H6N6OS2/c1-2-8-6(15-12-2)9-3(13)4-10-11-5(7)14-4/h1H3,(H2,7,11)(H,8,9,12,13). The molecule has 0 saturated heterocycles. The molecule has 0 saturated carbocycles. The number of carbonyl (C=O) groups excluding carboxylic acids is 1. The normalized spacial score (nSPS) is 10.2. The van der Waals surface area contributed by atoms with Crippen molar-refractivity contribution < 1.29 is 4.79 Å². The maximum Gasteiger partial charge on any atom is 0.288 e. The molecule has 0 bridgehead atoms. The number of amides is 1. The van der Waals surface area contributed by atoms with E-state index < -0.39 is 0 Å². The van der Waals surface area contributed by atoms with Crippen LogP contribution in [0.5, 0.6) is 0 Å². The smallest absolute Gasteiger partial charge is 0.288 e. The Labute approximate surface area is 92.5 Å². The van der Waals surface area contributed by atoms with E-state index in [1.165, 1.54) is 0 Å². The van der Waals surface area contributed by atoms with Crippen LogP contribution in [0, 0.1) is 6.92 Å². The molecule has 2 rings (SSSR count). The third kappa shape index (κ3) is 2.25. The number of aromatic nitrogens is 4. The number of nitrogens with one attached hydrogen (secondary N) is 1. The molecule has 15 heavy (non-hydrogen) atoms. The first kappa shape index (κ1) is 9.93. The molecule has 7 nitrogen and oxygen atoms in total. The molecular weight excluding hydrogens is 236 g/mol. The van der Waals surface area contributed by atoms with Crippen molar-refractivity contribution in [3.8, 4) is 0 Å². The maximum absolute atomic E-state index is 11.5. The molecule has 0 aliphatic carbocycles. The predicted octanol–water partition coefficient (Wildman–Crippen LogP) is 0.533. The molecule has 2 aromatic rings. The van der Waals surface area contributed by atoms with Gasteiger partial charge in [0.15, 0.2) is 0 Å². The van der Waals surface area contributed by atoms with Crippen LogP contribution in [-0.2, 0) is 0 Å². The molecule has 0 radical (unpaired) electrons. The molecule has 3 N–H and O–H groups in total. The Bertz CT molecular complexity index is 491. The average molecular weight is 242 g/mol. The second-order valence-corrected chi connectivity index (χ2v) is 4.31. The molecule has 0 spiro atoms. The van der Waals surface area contributed by atoms with E-state index in [4.69, 9.17) is 5.73 Å². The van der Waals surface area contributed by atoms with Crippen LogP contribution in [-0.4, -0.2) is 25.5 Å². The van der Waals surface area contributed by atoms with Crippen LogP contribution in [0.3, 0.4) is 0 Å². The summed E-state index contributed by atoms with van der Waals surface area (Å²) >= 11 is 2.13. The molecule has 2 heterocycles. The van der Waals surface area contributed by atoms with Gasteiger partial charge in [0.1, 0.15) is 5.82 Å². The van der Waals surface area contributed by atoms with Crippen molar-refractivity contribution in [3.63, 3.8) is 0 Å². The number of nitrogens with two attached hydrogens (primary N) is 1. The van der Waals surface area contributed by atoms with Gasteiger partial charge in [0.2, 0.25) is 15.3 Å². The largest absolute Gasteiger partial charge is 0.374 e. The van der Waals surface area contributed by atoms with Gasteiger partial charge in [0.05, 0.1) is 0 Å². The van der Waals surface area contributed by atoms with Gasteiger partial charge in [0.25, 0.3) is 5.91 Å². The average Bonchev–Trinajstić information content (AvgIpc) is 2.75. The lowest BCUT2D eigenvalue weighted by molar-refractivity contribution is 0.102. The summed E-state index contributed by atoms with van der Waals surface area (Å²) in [4.78, 5) is 15.5. The van der Waals surface area contributed by atoms with Crippen molar-refractivity contribution in [1.29, 1.82) is 0 Å². The summed E-state index contributed by atoms with van der Waals surface area (Å²) in [6.45, 7) is 1.75. The van der Waals surface area contributed by atoms with Gasteiger partial charge in [0, 0.05) is 11.5 Å². The van der Waals surface area contributed by atoms with Crippen molar-refractivity contribution in [2.24, 2.45) is 0 Å². The van der Waals surface area contributed by atoms with Crippen LogP contribution in [0.15, 0.2) is 0 Å². The van der Waals surface area contributed by atoms with Gasteiger partial charge in [-0.25, -0.2) is 4.98 Å². The molecule has 0 unspecified atom stereocenters. The highest BCUT2D eigenvalue weighted by molar-refractivity contribution is 7.17. The third-order valence-corrected chi connectivity index (χ3v) is 2.86. The van der Waals surface area contributed by atoms with Gasteiger partial charge >= 0.3 is 0 Å². The zero-order valence-corrected chi connectivity index (χ0v) is 9.22. The Kier molecular flexibility index (Phi) is 2.56. The van der Waals surface area contributed by atoms with E-state index >= 15 is 0 Å². The van der Waals surface area contributed by atoms with Gasteiger partial charge in [-0.2, -0.15) is 4.37 Å². The summed E-state index contributed by atoms with van der Waals surface area (Å²) < 4.78 is 3.93. The fourth-order valence-electron chi connectivity index (χ4n) is 0.825. The van der Waals surface area contributed by atoms with Gasteiger partial charge < -0.3 is 5.73 Å². The molecule has 2 aromatic heterocycles. The monoisotopic (exact) mass is 242 g/mol. The Morgan fingerprint density at radius 1 is 1.47 bits per heavy atom. The predicted molar refractivity (Wildman–Crippen MR) is 56.9 cm³/mol. The number of hydrogen-bond acceptors (Lipinski definition) is 8. The lowest BCUT2D eigenvalue weighted by Gasteiger charge is -1.94.